The molecule has 3 heterocycles. The van der Waals surface area contributed by atoms with Crippen molar-refractivity contribution in [2.45, 2.75) is 38.5 Å². The zero-order valence-electron chi connectivity index (χ0n) is 19.5. The highest BCUT2D eigenvalue weighted by molar-refractivity contribution is 5.89. The van der Waals surface area contributed by atoms with Crippen molar-refractivity contribution in [2.24, 2.45) is 13.0 Å². The quantitative estimate of drug-likeness (QED) is 0.563. The van der Waals surface area contributed by atoms with Gasteiger partial charge in [0.1, 0.15) is 17.3 Å². The van der Waals surface area contributed by atoms with E-state index in [1.165, 1.54) is 16.7 Å². The van der Waals surface area contributed by atoms with Crippen molar-refractivity contribution in [1.82, 2.24) is 9.55 Å². The van der Waals surface area contributed by atoms with Gasteiger partial charge in [-0.2, -0.15) is 18.4 Å². The van der Waals surface area contributed by atoms with Crippen LogP contribution >= 0.6 is 0 Å². The molecule has 3 atom stereocenters. The van der Waals surface area contributed by atoms with Crippen LogP contribution in [-0.2, 0) is 13.2 Å². The smallest absolute Gasteiger partial charge is 0.371 e. The fourth-order valence-electron chi connectivity index (χ4n) is 4.87. The summed E-state index contributed by atoms with van der Waals surface area (Å²) >= 11 is 0. The number of aryl methyl sites for hydroxylation is 1. The van der Waals surface area contributed by atoms with E-state index >= 15 is 0 Å². The van der Waals surface area contributed by atoms with Gasteiger partial charge in [-0.05, 0) is 55.7 Å². The second kappa shape index (κ2) is 8.67. The number of halogens is 3. The van der Waals surface area contributed by atoms with E-state index in [0.717, 1.165) is 24.2 Å². The molecule has 1 aliphatic rings. The first-order chi connectivity index (χ1) is 16.0. The monoisotopic (exact) mass is 469 g/mol. The summed E-state index contributed by atoms with van der Waals surface area (Å²) in [6.07, 6.45) is -3.62. The number of anilines is 2. The summed E-state index contributed by atoms with van der Waals surface area (Å²) in [4.78, 5) is 21.3. The lowest BCUT2D eigenvalue weighted by molar-refractivity contribution is -0.137. The summed E-state index contributed by atoms with van der Waals surface area (Å²) < 4.78 is 40.3. The van der Waals surface area contributed by atoms with E-state index in [1.54, 1.807) is 25.2 Å². The zero-order chi connectivity index (χ0) is 24.8. The largest absolute Gasteiger partial charge is 0.416 e. The van der Waals surface area contributed by atoms with Gasteiger partial charge in [-0.1, -0.05) is 6.92 Å². The van der Waals surface area contributed by atoms with E-state index in [4.69, 9.17) is 0 Å². The van der Waals surface area contributed by atoms with Gasteiger partial charge < -0.3 is 14.4 Å². The third kappa shape index (κ3) is 4.20. The van der Waals surface area contributed by atoms with Gasteiger partial charge >= 0.3 is 6.18 Å². The number of alkyl halides is 3. The number of pyridine rings is 2. The minimum absolute atomic E-state index is 0.0425. The van der Waals surface area contributed by atoms with Crippen LogP contribution in [0.2, 0.25) is 0 Å². The molecular formula is C25H26F3N5O. The van der Waals surface area contributed by atoms with Crippen molar-refractivity contribution in [1.29, 1.82) is 5.26 Å². The second-order valence-corrected chi connectivity index (χ2v) is 9.04. The van der Waals surface area contributed by atoms with E-state index in [1.807, 2.05) is 11.9 Å². The van der Waals surface area contributed by atoms with E-state index in [0.29, 0.717) is 23.3 Å². The van der Waals surface area contributed by atoms with Crippen molar-refractivity contribution in [2.75, 3.05) is 23.4 Å². The topological polar surface area (TPSA) is 65.2 Å². The summed E-state index contributed by atoms with van der Waals surface area (Å²) in [7, 11) is 3.58. The number of piperidine rings is 1. The minimum Gasteiger partial charge on any atom is -0.371 e. The first-order valence-electron chi connectivity index (χ1n) is 11.1. The van der Waals surface area contributed by atoms with E-state index < -0.39 is 11.7 Å². The first-order valence-corrected chi connectivity index (χ1v) is 11.1. The minimum atomic E-state index is -4.36. The maximum atomic E-state index is 12.9. The normalized spacial score (nSPS) is 20.9. The van der Waals surface area contributed by atoms with Crippen LogP contribution < -0.4 is 15.4 Å². The number of aromatic nitrogens is 2. The van der Waals surface area contributed by atoms with Crippen LogP contribution in [0.4, 0.5) is 24.5 Å². The summed E-state index contributed by atoms with van der Waals surface area (Å²) in [6.45, 7) is 4.80. The molecule has 0 spiro atoms. The molecule has 3 aromatic rings. The molecule has 34 heavy (non-hydrogen) atoms. The number of nitriles is 1. The Balaban J connectivity index is 1.64. The predicted octanol–water partition coefficient (Wildman–Crippen LogP) is 4.56. The van der Waals surface area contributed by atoms with E-state index in [9.17, 15) is 23.2 Å². The molecule has 0 radical (unpaired) electrons. The van der Waals surface area contributed by atoms with Crippen LogP contribution in [0, 0.1) is 17.2 Å². The fraction of sp³-hybridized carbons (Fsp3) is 0.400. The lowest BCUT2D eigenvalue weighted by atomic mass is 9.87. The van der Waals surface area contributed by atoms with E-state index in [2.05, 4.69) is 29.8 Å². The molecular weight excluding hydrogens is 443 g/mol. The van der Waals surface area contributed by atoms with Crippen molar-refractivity contribution in [3.05, 3.63) is 64.1 Å². The molecule has 4 rings (SSSR count). The van der Waals surface area contributed by atoms with Crippen molar-refractivity contribution < 1.29 is 13.2 Å². The molecule has 1 aliphatic heterocycles. The molecule has 0 saturated carbocycles. The average molecular weight is 470 g/mol. The van der Waals surface area contributed by atoms with Crippen LogP contribution in [0.25, 0.3) is 11.0 Å². The summed E-state index contributed by atoms with van der Waals surface area (Å²) in [5, 5.41) is 9.32. The van der Waals surface area contributed by atoms with Gasteiger partial charge in [0.05, 0.1) is 16.8 Å². The Kier molecular flexibility index (Phi) is 6.02. The number of hydrogen-bond acceptors (Lipinski definition) is 5. The maximum Gasteiger partial charge on any atom is 0.416 e. The van der Waals surface area contributed by atoms with Crippen LogP contribution in [-0.4, -0.2) is 35.2 Å². The third-order valence-electron chi connectivity index (χ3n) is 6.85. The molecule has 0 N–H and O–H groups in total. The Morgan fingerprint density at radius 3 is 2.44 bits per heavy atom. The number of fused-ring (bicyclic) bond motifs is 1. The van der Waals surface area contributed by atoms with Gasteiger partial charge in [0.2, 0.25) is 0 Å². The van der Waals surface area contributed by atoms with Gasteiger partial charge in [0.15, 0.2) is 0 Å². The number of nitrogens with zero attached hydrogens (tertiary/aromatic N) is 5. The molecule has 1 unspecified atom stereocenters. The van der Waals surface area contributed by atoms with Crippen LogP contribution in [0.15, 0.2) is 47.3 Å². The highest BCUT2D eigenvalue weighted by Gasteiger charge is 2.35. The molecule has 0 bridgehead atoms. The number of benzene rings is 1. The number of hydrogen-bond donors (Lipinski definition) is 0. The Morgan fingerprint density at radius 2 is 1.82 bits per heavy atom. The van der Waals surface area contributed by atoms with Crippen molar-refractivity contribution >= 4 is 22.4 Å². The lowest BCUT2D eigenvalue weighted by Crippen LogP contribution is -2.53. The molecule has 6 nitrogen and oxygen atoms in total. The van der Waals surface area contributed by atoms with Crippen LogP contribution in [0.1, 0.15) is 31.5 Å². The molecule has 2 aromatic heterocycles. The van der Waals surface area contributed by atoms with Gasteiger partial charge in [-0.15, -0.1) is 0 Å². The summed E-state index contributed by atoms with van der Waals surface area (Å²) in [6, 6.07) is 12.4. The third-order valence-corrected chi connectivity index (χ3v) is 6.85. The molecule has 1 aromatic carbocycles. The molecule has 1 fully saturated rings. The Morgan fingerprint density at radius 1 is 1.15 bits per heavy atom. The van der Waals surface area contributed by atoms with Crippen molar-refractivity contribution in [3.63, 3.8) is 0 Å². The summed E-state index contributed by atoms with van der Waals surface area (Å²) in [5.74, 6) is 0.154. The first kappa shape index (κ1) is 23.6. The van der Waals surface area contributed by atoms with Gasteiger partial charge in [-0.25, -0.2) is 4.98 Å². The Hall–Kier alpha value is -3.54. The molecule has 0 amide bonds. The Labute approximate surface area is 195 Å². The second-order valence-electron chi connectivity index (χ2n) is 9.04. The molecule has 178 valence electrons. The van der Waals surface area contributed by atoms with Crippen LogP contribution in [0.3, 0.4) is 0 Å². The SMILES string of the molecule is C[C@H]1CN(c2cc(=O)n(C)c3ccc(C#N)nc23)[C@@H](C)CC1N(C)c1ccc(C(F)(F)F)cc1. The average Bonchev–Trinajstić information content (AvgIpc) is 2.81. The summed E-state index contributed by atoms with van der Waals surface area (Å²) in [5.41, 5.74) is 2.15. The van der Waals surface area contributed by atoms with Gasteiger partial charge in [0, 0.05) is 44.5 Å². The lowest BCUT2D eigenvalue weighted by Gasteiger charge is -2.47. The Bertz CT molecular complexity index is 1310. The van der Waals surface area contributed by atoms with E-state index in [-0.39, 0.29) is 29.3 Å². The molecule has 9 heteroatoms. The molecule has 0 aliphatic carbocycles. The highest BCUT2D eigenvalue weighted by Crippen LogP contribution is 2.35. The fourth-order valence-corrected chi connectivity index (χ4v) is 4.87. The van der Waals surface area contributed by atoms with Gasteiger partial charge in [-0.3, -0.25) is 4.79 Å². The standard InChI is InChI=1S/C25H26F3N5O/c1-15-14-33(22-12-23(34)32(4)20-10-7-18(13-29)30-24(20)22)16(2)11-21(15)31(3)19-8-5-17(6-9-19)25(26,27)28/h5-10,12,15-16,21H,11,14H2,1-4H3/t15-,16-,21?/m0/s1. The van der Waals surface area contributed by atoms with Crippen molar-refractivity contribution in [3.8, 4) is 6.07 Å². The predicted molar refractivity (Wildman–Crippen MR) is 126 cm³/mol. The van der Waals surface area contributed by atoms with Crippen LogP contribution in [0.5, 0.6) is 0 Å². The zero-order valence-corrected chi connectivity index (χ0v) is 19.5. The highest BCUT2D eigenvalue weighted by atomic mass is 19.4. The molecule has 1 saturated heterocycles. The number of rotatable bonds is 3. The van der Waals surface area contributed by atoms with Gasteiger partial charge in [0.25, 0.3) is 5.56 Å². The maximum absolute atomic E-state index is 12.9.